The summed E-state index contributed by atoms with van der Waals surface area (Å²) in [5.41, 5.74) is 10.7. The van der Waals surface area contributed by atoms with Crippen LogP contribution in [0.5, 0.6) is 0 Å². The molecule has 3 nitrogen and oxygen atoms in total. The van der Waals surface area contributed by atoms with Gasteiger partial charge < -0.3 is 10.3 Å². The molecule has 4 heteroatoms. The van der Waals surface area contributed by atoms with E-state index in [0.29, 0.717) is 0 Å². The summed E-state index contributed by atoms with van der Waals surface area (Å²) >= 11 is 6.33. The van der Waals surface area contributed by atoms with Crippen LogP contribution in [0, 0.1) is 6.92 Å². The van der Waals surface area contributed by atoms with Crippen molar-refractivity contribution in [3.63, 3.8) is 0 Å². The molecule has 0 aliphatic heterocycles. The summed E-state index contributed by atoms with van der Waals surface area (Å²) < 4.78 is 2.15. The average molecular weight is 286 g/mol. The van der Waals surface area contributed by atoms with E-state index in [0.717, 1.165) is 45.2 Å². The highest BCUT2D eigenvalue weighted by molar-refractivity contribution is 6.35. The minimum atomic E-state index is 0.733. The molecule has 2 aromatic carbocycles. The van der Waals surface area contributed by atoms with Crippen LogP contribution in [0.4, 0.5) is 5.69 Å². The van der Waals surface area contributed by atoms with Gasteiger partial charge in [-0.25, -0.2) is 4.98 Å². The summed E-state index contributed by atoms with van der Waals surface area (Å²) in [4.78, 5) is 4.74. The average Bonchev–Trinajstić information content (AvgIpc) is 2.78. The largest absolute Gasteiger partial charge is 0.399 e. The number of nitrogen functional groups attached to an aromatic ring is 1. The molecule has 1 aromatic heterocycles. The van der Waals surface area contributed by atoms with Crippen LogP contribution in [0.2, 0.25) is 5.02 Å². The maximum atomic E-state index is 6.33. The van der Waals surface area contributed by atoms with Gasteiger partial charge in [-0.3, -0.25) is 0 Å². The van der Waals surface area contributed by atoms with Crippen LogP contribution in [0.25, 0.3) is 22.4 Å². The molecule has 0 aliphatic carbocycles. The van der Waals surface area contributed by atoms with Gasteiger partial charge in [0.05, 0.1) is 16.1 Å². The minimum Gasteiger partial charge on any atom is -0.399 e. The number of benzene rings is 2. The lowest BCUT2D eigenvalue weighted by molar-refractivity contribution is 0.796. The lowest BCUT2D eigenvalue weighted by Gasteiger charge is -2.09. The maximum Gasteiger partial charge on any atom is 0.141 e. The highest BCUT2D eigenvalue weighted by atomic mass is 35.5. The SMILES string of the molecule is CCn1c(-c2ccc(N)cc2C)nc2cccc(Cl)c21. The van der Waals surface area contributed by atoms with Crippen molar-refractivity contribution in [2.75, 3.05) is 5.73 Å². The molecular formula is C16H16ClN3. The molecule has 0 spiro atoms. The van der Waals surface area contributed by atoms with E-state index in [9.17, 15) is 0 Å². The van der Waals surface area contributed by atoms with Gasteiger partial charge in [0.1, 0.15) is 5.82 Å². The van der Waals surface area contributed by atoms with E-state index >= 15 is 0 Å². The van der Waals surface area contributed by atoms with Gasteiger partial charge in [-0.2, -0.15) is 0 Å². The van der Waals surface area contributed by atoms with Crippen molar-refractivity contribution in [1.29, 1.82) is 0 Å². The fourth-order valence-corrected chi connectivity index (χ4v) is 2.86. The monoisotopic (exact) mass is 285 g/mol. The number of nitrogens with zero attached hydrogens (tertiary/aromatic N) is 2. The summed E-state index contributed by atoms with van der Waals surface area (Å²) in [5.74, 6) is 0.938. The molecule has 0 fully saturated rings. The van der Waals surface area contributed by atoms with Gasteiger partial charge in [0.15, 0.2) is 0 Å². The molecule has 0 unspecified atom stereocenters. The molecule has 102 valence electrons. The number of aromatic nitrogens is 2. The van der Waals surface area contributed by atoms with Gasteiger partial charge in [-0.15, -0.1) is 0 Å². The van der Waals surface area contributed by atoms with Gasteiger partial charge in [-0.1, -0.05) is 17.7 Å². The van der Waals surface area contributed by atoms with E-state index in [1.54, 1.807) is 0 Å². The van der Waals surface area contributed by atoms with Crippen molar-refractivity contribution in [3.05, 3.63) is 47.0 Å². The van der Waals surface area contributed by atoms with Crippen LogP contribution < -0.4 is 5.73 Å². The van der Waals surface area contributed by atoms with Gasteiger partial charge in [0, 0.05) is 17.8 Å². The Morgan fingerprint density at radius 3 is 2.75 bits per heavy atom. The van der Waals surface area contributed by atoms with Crippen molar-refractivity contribution >= 4 is 28.3 Å². The molecular weight excluding hydrogens is 270 g/mol. The van der Waals surface area contributed by atoms with Crippen molar-refractivity contribution in [2.24, 2.45) is 0 Å². The van der Waals surface area contributed by atoms with Gasteiger partial charge in [0.25, 0.3) is 0 Å². The number of fused-ring (bicyclic) bond motifs is 1. The van der Waals surface area contributed by atoms with E-state index in [2.05, 4.69) is 11.5 Å². The number of aryl methyl sites for hydroxylation is 2. The molecule has 0 saturated heterocycles. The second-order valence-electron chi connectivity index (χ2n) is 4.86. The molecule has 0 radical (unpaired) electrons. The standard InChI is InChI=1S/C16H16ClN3/c1-3-20-15-13(17)5-4-6-14(15)19-16(20)12-8-7-11(18)9-10(12)2/h4-9H,3,18H2,1-2H3. The fourth-order valence-electron chi connectivity index (χ4n) is 2.59. The topological polar surface area (TPSA) is 43.8 Å². The molecule has 2 N–H and O–H groups in total. The van der Waals surface area contributed by atoms with E-state index in [-0.39, 0.29) is 0 Å². The fraction of sp³-hybridized carbons (Fsp3) is 0.188. The number of halogens is 1. The molecule has 0 atom stereocenters. The molecule has 0 amide bonds. The van der Waals surface area contributed by atoms with Crippen molar-refractivity contribution in [1.82, 2.24) is 9.55 Å². The third kappa shape index (κ3) is 1.95. The lowest BCUT2D eigenvalue weighted by Crippen LogP contribution is -1.99. The van der Waals surface area contributed by atoms with Gasteiger partial charge in [-0.05, 0) is 49.7 Å². The summed E-state index contributed by atoms with van der Waals surface area (Å²) in [6, 6.07) is 11.7. The van der Waals surface area contributed by atoms with Crippen LogP contribution in [-0.2, 0) is 6.54 Å². The Kier molecular flexibility index (Phi) is 3.14. The van der Waals surface area contributed by atoms with Crippen molar-refractivity contribution in [2.45, 2.75) is 20.4 Å². The Hall–Kier alpha value is -2.00. The first-order valence-corrected chi connectivity index (χ1v) is 7.01. The van der Waals surface area contributed by atoms with Crippen LogP contribution >= 0.6 is 11.6 Å². The first-order chi connectivity index (χ1) is 9.61. The number of rotatable bonds is 2. The first-order valence-electron chi connectivity index (χ1n) is 6.63. The number of hydrogen-bond donors (Lipinski definition) is 1. The van der Waals surface area contributed by atoms with E-state index < -0.39 is 0 Å². The highest BCUT2D eigenvalue weighted by Crippen LogP contribution is 2.31. The highest BCUT2D eigenvalue weighted by Gasteiger charge is 2.15. The summed E-state index contributed by atoms with van der Waals surface area (Å²) in [6.45, 7) is 4.96. The van der Waals surface area contributed by atoms with Crippen LogP contribution in [-0.4, -0.2) is 9.55 Å². The molecule has 1 heterocycles. The second-order valence-corrected chi connectivity index (χ2v) is 5.27. The van der Waals surface area contributed by atoms with Crippen LogP contribution in [0.3, 0.4) is 0 Å². The molecule has 0 aliphatic rings. The number of hydrogen-bond acceptors (Lipinski definition) is 2. The van der Waals surface area contributed by atoms with Gasteiger partial charge >= 0.3 is 0 Å². The van der Waals surface area contributed by atoms with Crippen LogP contribution in [0.1, 0.15) is 12.5 Å². The Bertz CT molecular complexity index is 790. The number of anilines is 1. The quantitative estimate of drug-likeness (QED) is 0.715. The normalized spacial score (nSPS) is 11.2. The van der Waals surface area contributed by atoms with Gasteiger partial charge in [0.2, 0.25) is 0 Å². The van der Waals surface area contributed by atoms with Crippen molar-refractivity contribution in [3.8, 4) is 11.4 Å². The third-order valence-corrected chi connectivity index (χ3v) is 3.83. The lowest BCUT2D eigenvalue weighted by atomic mass is 10.1. The second kappa shape index (κ2) is 4.84. The van der Waals surface area contributed by atoms with Crippen molar-refractivity contribution < 1.29 is 0 Å². The minimum absolute atomic E-state index is 0.733. The number of nitrogens with two attached hydrogens (primary N) is 1. The zero-order valence-corrected chi connectivity index (χ0v) is 12.3. The predicted octanol–water partition coefficient (Wildman–Crippen LogP) is 4.27. The van der Waals surface area contributed by atoms with Crippen LogP contribution in [0.15, 0.2) is 36.4 Å². The molecule has 20 heavy (non-hydrogen) atoms. The zero-order valence-electron chi connectivity index (χ0n) is 11.5. The Morgan fingerprint density at radius 1 is 1.25 bits per heavy atom. The first kappa shape index (κ1) is 13.0. The van der Waals surface area contributed by atoms with E-state index in [1.165, 1.54) is 0 Å². The summed E-state index contributed by atoms with van der Waals surface area (Å²) in [7, 11) is 0. The number of imidazole rings is 1. The smallest absolute Gasteiger partial charge is 0.141 e. The Morgan fingerprint density at radius 2 is 2.05 bits per heavy atom. The Labute approximate surface area is 123 Å². The number of para-hydroxylation sites is 1. The predicted molar refractivity (Wildman–Crippen MR) is 85.0 cm³/mol. The molecule has 3 aromatic rings. The molecule has 0 bridgehead atoms. The van der Waals surface area contributed by atoms with E-state index in [4.69, 9.17) is 22.3 Å². The molecule has 3 rings (SSSR count). The zero-order chi connectivity index (χ0) is 14.3. The third-order valence-electron chi connectivity index (χ3n) is 3.53. The van der Waals surface area contributed by atoms with E-state index in [1.807, 2.05) is 43.3 Å². The molecule has 0 saturated carbocycles. The maximum absolute atomic E-state index is 6.33. The summed E-state index contributed by atoms with van der Waals surface area (Å²) in [5, 5.41) is 0.733. The summed E-state index contributed by atoms with van der Waals surface area (Å²) in [6.07, 6.45) is 0. The Balaban J connectivity index is 2.33.